The van der Waals surface area contributed by atoms with Gasteiger partial charge in [-0.2, -0.15) is 0 Å². The molecule has 0 aromatic heterocycles. The van der Waals surface area contributed by atoms with Gasteiger partial charge in [0.25, 0.3) is 0 Å². The molecule has 2 N–H and O–H groups in total. The predicted molar refractivity (Wildman–Crippen MR) is 151 cm³/mol. The molecule has 0 aromatic rings. The quantitative estimate of drug-likeness (QED) is 0.135. The van der Waals surface area contributed by atoms with E-state index in [-0.39, 0.29) is 0 Å². The molecule has 0 radical (unpaired) electrons. The van der Waals surface area contributed by atoms with Crippen LogP contribution in [0.4, 0.5) is 4.20 Å². The van der Waals surface area contributed by atoms with Gasteiger partial charge in [-0.25, -0.2) is 4.57 Å². The third-order valence-corrected chi connectivity index (χ3v) is 9.59. The van der Waals surface area contributed by atoms with Crippen LogP contribution in [0.5, 0.6) is 0 Å². The van der Waals surface area contributed by atoms with Crippen molar-refractivity contribution in [2.45, 2.75) is 103 Å². The molecule has 1 aliphatic heterocycles. The summed E-state index contributed by atoms with van der Waals surface area (Å²) < 4.78 is 19.0. The maximum Gasteiger partial charge on any atom is 0.507 e. The molecule has 0 amide bonds. The summed E-state index contributed by atoms with van der Waals surface area (Å²) in [4.78, 5) is 18.6. The Morgan fingerprint density at radius 2 is 1.06 bits per heavy atom. The van der Waals surface area contributed by atoms with E-state index >= 15 is 0 Å². The molecule has 2 aliphatic rings. The van der Waals surface area contributed by atoms with Gasteiger partial charge in [0, 0.05) is 26.0 Å². The van der Waals surface area contributed by atoms with Crippen LogP contribution in [0, 0.1) is 0 Å². The first-order chi connectivity index (χ1) is 16.3. The summed E-state index contributed by atoms with van der Waals surface area (Å²) in [6, 6.07) is 0. The molecule has 0 atom stereocenters. The Morgan fingerprint density at radius 1 is 0.743 bits per heavy atom. The van der Waals surface area contributed by atoms with Crippen LogP contribution < -0.4 is 0 Å². The molecular weight excluding hydrogens is 603 g/mol. The van der Waals surface area contributed by atoms with E-state index < -0.39 is 40.2 Å². The fraction of sp³-hybridized carbons (Fsp3) is 0.909. The van der Waals surface area contributed by atoms with Gasteiger partial charge in [0.1, 0.15) is 0 Å². The van der Waals surface area contributed by atoms with E-state index in [1.807, 2.05) is 0 Å². The highest BCUT2D eigenvalue weighted by Gasteiger charge is 2.46. The lowest BCUT2D eigenvalue weighted by atomic mass is 9.97. The number of unbranched alkanes of at least 4 members (excludes halogenated alkanes) is 9. The molecule has 13 heteroatoms. The Labute approximate surface area is 240 Å². The van der Waals surface area contributed by atoms with E-state index in [1.54, 1.807) is 0 Å². The van der Waals surface area contributed by atoms with E-state index in [1.165, 1.54) is 70.8 Å². The molecule has 1 heterocycles. The number of rotatable bonds is 11. The smallest absolute Gasteiger partial charge is 0.362 e. The van der Waals surface area contributed by atoms with Crippen LogP contribution >= 0.6 is 77.5 Å². The first kappa shape index (κ1) is 36.2. The lowest BCUT2D eigenvalue weighted by molar-refractivity contribution is 0.290. The molecular formula is C22H40Cl6FN2O3P. The minimum atomic E-state index is -5.14. The van der Waals surface area contributed by atoms with Crippen molar-refractivity contribution in [3.8, 4) is 0 Å². The van der Waals surface area contributed by atoms with Gasteiger partial charge in [-0.05, 0) is 6.42 Å². The number of halogens is 7. The van der Waals surface area contributed by atoms with E-state index in [9.17, 15) is 4.20 Å². The fourth-order valence-electron chi connectivity index (χ4n) is 3.59. The topological polar surface area (TPSA) is 64.0 Å². The van der Waals surface area contributed by atoms with Crippen LogP contribution in [0.1, 0.15) is 71.1 Å². The number of alkyl halides is 6. The highest BCUT2D eigenvalue weighted by Crippen LogP contribution is 2.39. The zero-order valence-corrected chi connectivity index (χ0v) is 25.8. The second-order valence-electron chi connectivity index (χ2n) is 8.83. The molecule has 0 spiro atoms. The minimum Gasteiger partial charge on any atom is -0.362 e. The lowest BCUT2D eigenvalue weighted by Crippen LogP contribution is -2.52. The summed E-state index contributed by atoms with van der Waals surface area (Å²) in [5.41, 5.74) is 0. The van der Waals surface area contributed by atoms with Gasteiger partial charge in [0.15, 0.2) is 0 Å². The van der Waals surface area contributed by atoms with Crippen LogP contribution in [-0.2, 0) is 4.57 Å². The third kappa shape index (κ3) is 18.1. The number of hydrogen-bond donors (Lipinski definition) is 2. The van der Waals surface area contributed by atoms with Crippen LogP contribution in [0.3, 0.4) is 0 Å². The summed E-state index contributed by atoms with van der Waals surface area (Å²) >= 11 is 35.3. The Balaban J connectivity index is 0.000000583. The number of hydrogen-bond acceptors (Lipinski definition) is 3. The normalized spacial score (nSPS) is 28.3. The van der Waals surface area contributed by atoms with E-state index in [0.29, 0.717) is 0 Å². The summed E-state index contributed by atoms with van der Waals surface area (Å²) in [5.74, 6) is 0. The van der Waals surface area contributed by atoms with Gasteiger partial charge in [0.2, 0.25) is 0 Å². The van der Waals surface area contributed by atoms with Crippen LogP contribution in [-0.4, -0.2) is 72.1 Å². The Kier molecular flexibility index (Phi) is 20.8. The molecule has 0 unspecified atom stereocenters. The van der Waals surface area contributed by atoms with Gasteiger partial charge in [-0.15, -0.1) is 73.8 Å². The van der Waals surface area contributed by atoms with Crippen molar-refractivity contribution in [1.82, 2.24) is 9.80 Å². The Morgan fingerprint density at radius 3 is 1.34 bits per heavy atom. The largest absolute Gasteiger partial charge is 0.507 e. The Bertz CT molecular complexity index is 555. The van der Waals surface area contributed by atoms with Gasteiger partial charge in [0.05, 0.1) is 38.9 Å². The SMILES string of the molecule is CCCCCCCCCCCCN1C=CN(C)C1.ClC1C(Cl)C(Cl)C(Cl)C(Cl)C1Cl.O=P(O)(O)F. The first-order valence-corrected chi connectivity index (χ1v) is 16.1. The standard InChI is InChI=1S/C16H32N2.C6H6Cl6.FH2O3P/c1-3-4-5-6-7-8-9-10-11-12-13-18-15-14-17(2)16-18;7-1-2(8)4(10)6(12)5(11)3(1)9;1-5(2,3)4/h14-15H,3-13,16H2,1-2H3;1-6H;(H2,2,3,4). The second kappa shape index (κ2) is 20.1. The third-order valence-electron chi connectivity index (χ3n) is 5.56. The van der Waals surface area contributed by atoms with Crippen molar-refractivity contribution in [2.24, 2.45) is 0 Å². The molecule has 0 aromatic carbocycles. The van der Waals surface area contributed by atoms with Crippen molar-refractivity contribution in [3.05, 3.63) is 12.4 Å². The van der Waals surface area contributed by atoms with Gasteiger partial charge in [-0.1, -0.05) is 64.7 Å². The molecule has 0 bridgehead atoms. The molecule has 1 aliphatic carbocycles. The zero-order valence-electron chi connectivity index (χ0n) is 20.4. The molecule has 5 nitrogen and oxygen atoms in total. The predicted octanol–water partition coefficient (Wildman–Crippen LogP) is 8.28. The van der Waals surface area contributed by atoms with Crippen LogP contribution in [0.25, 0.3) is 0 Å². The summed E-state index contributed by atoms with van der Waals surface area (Å²) in [7, 11) is -3.00. The van der Waals surface area contributed by atoms with Crippen molar-refractivity contribution in [2.75, 3.05) is 20.3 Å². The minimum absolute atomic E-state index is 0.437. The van der Waals surface area contributed by atoms with E-state index in [4.69, 9.17) is 84.0 Å². The maximum absolute atomic E-state index is 10.4. The lowest BCUT2D eigenvalue weighted by Gasteiger charge is -2.37. The highest BCUT2D eigenvalue weighted by molar-refractivity contribution is 7.45. The van der Waals surface area contributed by atoms with Gasteiger partial charge >= 0.3 is 7.91 Å². The second-order valence-corrected chi connectivity index (χ2v) is 12.8. The van der Waals surface area contributed by atoms with Crippen LogP contribution in [0.15, 0.2) is 12.4 Å². The van der Waals surface area contributed by atoms with E-state index in [2.05, 4.69) is 36.2 Å². The average Bonchev–Trinajstić information content (AvgIpc) is 3.20. The maximum atomic E-state index is 10.4. The fourth-order valence-corrected chi connectivity index (χ4v) is 5.92. The van der Waals surface area contributed by atoms with Crippen LogP contribution in [0.2, 0.25) is 0 Å². The summed E-state index contributed by atoms with van der Waals surface area (Å²) in [6.45, 7) is 4.60. The molecule has 35 heavy (non-hydrogen) atoms. The van der Waals surface area contributed by atoms with Crippen molar-refractivity contribution in [1.29, 1.82) is 0 Å². The molecule has 1 fully saturated rings. The van der Waals surface area contributed by atoms with Crippen molar-refractivity contribution in [3.63, 3.8) is 0 Å². The highest BCUT2D eigenvalue weighted by atomic mass is 35.5. The Hall–Kier alpha value is 1.16. The summed E-state index contributed by atoms with van der Waals surface area (Å²) in [5, 5.41) is -2.62. The number of nitrogens with zero attached hydrogens (tertiary/aromatic N) is 2. The van der Waals surface area contributed by atoms with E-state index in [0.717, 1.165) is 6.67 Å². The molecule has 2 rings (SSSR count). The average molecular weight is 643 g/mol. The molecule has 1 saturated carbocycles. The zero-order chi connectivity index (χ0) is 27.0. The monoisotopic (exact) mass is 640 g/mol. The molecule has 0 saturated heterocycles. The van der Waals surface area contributed by atoms with Crippen molar-refractivity contribution >= 4 is 77.5 Å². The van der Waals surface area contributed by atoms with Crippen molar-refractivity contribution < 1.29 is 18.5 Å². The summed E-state index contributed by atoms with van der Waals surface area (Å²) in [6.07, 6.45) is 18.6. The van der Waals surface area contributed by atoms with Gasteiger partial charge < -0.3 is 9.80 Å². The first-order valence-electron chi connectivity index (χ1n) is 12.0. The van der Waals surface area contributed by atoms with Gasteiger partial charge in [-0.3, -0.25) is 9.79 Å². The molecule has 210 valence electrons.